The van der Waals surface area contributed by atoms with Gasteiger partial charge in [-0.1, -0.05) is 54.1 Å². The zero-order valence-electron chi connectivity index (χ0n) is 17.8. The molecule has 0 unspecified atom stereocenters. The second kappa shape index (κ2) is 8.93. The Kier molecular flexibility index (Phi) is 5.83. The van der Waals surface area contributed by atoms with Crippen molar-refractivity contribution in [3.05, 3.63) is 83.9 Å². The molecule has 1 aliphatic heterocycles. The fraction of sp³-hybridized carbons (Fsp3) is 0.154. The Morgan fingerprint density at radius 3 is 2.15 bits per heavy atom. The highest BCUT2D eigenvalue weighted by Crippen LogP contribution is 2.35. The molecule has 0 N–H and O–H groups in total. The highest BCUT2D eigenvalue weighted by molar-refractivity contribution is 6.30. The zero-order chi connectivity index (χ0) is 21.5. The van der Waals surface area contributed by atoms with E-state index in [1.165, 1.54) is 5.69 Å². The maximum absolute atomic E-state index is 6.26. The van der Waals surface area contributed by atoms with Crippen molar-refractivity contribution in [1.29, 1.82) is 0 Å². The third kappa shape index (κ3) is 3.99. The van der Waals surface area contributed by atoms with Gasteiger partial charge in [0, 0.05) is 47.8 Å². The van der Waals surface area contributed by atoms with E-state index in [9.17, 15) is 0 Å². The quantitative estimate of drug-likeness (QED) is 0.299. The van der Waals surface area contributed by atoms with Gasteiger partial charge >= 0.3 is 0 Å². The van der Waals surface area contributed by atoms with Crippen LogP contribution >= 0.6 is 24.0 Å². The summed E-state index contributed by atoms with van der Waals surface area (Å²) in [7, 11) is 0. The summed E-state index contributed by atoms with van der Waals surface area (Å²) < 4.78 is 6.26. The molecule has 0 spiro atoms. The summed E-state index contributed by atoms with van der Waals surface area (Å²) in [6, 6.07) is 26.2. The third-order valence-corrected chi connectivity index (χ3v) is 6.26. The number of benzene rings is 3. The average Bonchev–Trinajstić information content (AvgIpc) is 3.23. The van der Waals surface area contributed by atoms with E-state index in [0.717, 1.165) is 70.5 Å². The van der Waals surface area contributed by atoms with Gasteiger partial charge in [0.25, 0.3) is 0 Å². The number of rotatable bonds is 3. The van der Waals surface area contributed by atoms with Gasteiger partial charge in [-0.25, -0.2) is 9.97 Å². The molecule has 0 atom stereocenters. The minimum absolute atomic E-state index is 0. The summed E-state index contributed by atoms with van der Waals surface area (Å²) in [6.45, 7) is 3.49. The third-order valence-electron chi connectivity index (χ3n) is 6.00. The Morgan fingerprint density at radius 1 is 0.727 bits per heavy atom. The van der Waals surface area contributed by atoms with Crippen LogP contribution in [-0.4, -0.2) is 36.1 Å². The predicted molar refractivity (Wildman–Crippen MR) is 138 cm³/mol. The van der Waals surface area contributed by atoms with E-state index in [1.807, 2.05) is 60.7 Å². The predicted octanol–water partition coefficient (Wildman–Crippen LogP) is 6.44. The first-order valence-electron chi connectivity index (χ1n) is 10.8. The van der Waals surface area contributed by atoms with Gasteiger partial charge in [0.05, 0.1) is 0 Å². The monoisotopic (exact) mass is 476 g/mol. The topological polar surface area (TPSA) is 45.4 Å². The Hall–Kier alpha value is -3.28. The Labute approximate surface area is 203 Å². The van der Waals surface area contributed by atoms with Crippen LogP contribution in [0.2, 0.25) is 5.02 Å². The summed E-state index contributed by atoms with van der Waals surface area (Å²) in [5, 5.41) is 1.78. The molecule has 5 nitrogen and oxygen atoms in total. The van der Waals surface area contributed by atoms with Crippen LogP contribution in [0, 0.1) is 0 Å². The molecule has 1 saturated heterocycles. The lowest BCUT2D eigenvalue weighted by Crippen LogP contribution is -2.47. The van der Waals surface area contributed by atoms with Crippen LogP contribution in [0.4, 0.5) is 11.5 Å². The van der Waals surface area contributed by atoms with Gasteiger partial charge in [-0.05, 0) is 36.4 Å². The van der Waals surface area contributed by atoms with Crippen molar-refractivity contribution in [3.63, 3.8) is 0 Å². The lowest BCUT2D eigenvalue weighted by atomic mass is 10.2. The molecule has 0 aliphatic carbocycles. The molecule has 0 amide bonds. The molecule has 1 fully saturated rings. The number of para-hydroxylation sites is 1. The first-order valence-corrected chi connectivity index (χ1v) is 11.1. The Bertz CT molecular complexity index is 1400. The molecule has 3 heterocycles. The van der Waals surface area contributed by atoms with Crippen molar-refractivity contribution in [2.75, 3.05) is 36.0 Å². The molecule has 0 radical (unpaired) electrons. The van der Waals surface area contributed by atoms with E-state index in [1.54, 1.807) is 0 Å². The van der Waals surface area contributed by atoms with Crippen molar-refractivity contribution in [2.24, 2.45) is 0 Å². The molecule has 2 aromatic heterocycles. The van der Waals surface area contributed by atoms with Gasteiger partial charge in [-0.15, -0.1) is 12.4 Å². The van der Waals surface area contributed by atoms with E-state index >= 15 is 0 Å². The summed E-state index contributed by atoms with van der Waals surface area (Å²) in [5.74, 6) is 1.58. The molecule has 0 saturated carbocycles. The van der Waals surface area contributed by atoms with Gasteiger partial charge in [0.15, 0.2) is 17.2 Å². The van der Waals surface area contributed by atoms with Crippen molar-refractivity contribution in [3.8, 4) is 11.4 Å². The first kappa shape index (κ1) is 21.6. The Morgan fingerprint density at radius 2 is 1.39 bits per heavy atom. The molecule has 166 valence electrons. The lowest BCUT2D eigenvalue weighted by molar-refractivity contribution is 0.629. The van der Waals surface area contributed by atoms with Gasteiger partial charge in [0.1, 0.15) is 11.1 Å². The largest absolute Gasteiger partial charge is 0.450 e. The second-order valence-electron chi connectivity index (χ2n) is 7.96. The number of aromatic nitrogens is 2. The minimum atomic E-state index is 0. The lowest BCUT2D eigenvalue weighted by Gasteiger charge is -2.36. The molecule has 6 rings (SSSR count). The van der Waals surface area contributed by atoms with E-state index < -0.39 is 0 Å². The van der Waals surface area contributed by atoms with Crippen molar-refractivity contribution < 1.29 is 4.42 Å². The van der Waals surface area contributed by atoms with Gasteiger partial charge in [-0.2, -0.15) is 0 Å². The summed E-state index contributed by atoms with van der Waals surface area (Å²) >= 11 is 6.06. The first-order chi connectivity index (χ1) is 15.8. The molecular formula is C26H22Cl2N4O. The number of hydrogen-bond donors (Lipinski definition) is 0. The molecule has 3 aromatic carbocycles. The molecule has 5 aromatic rings. The van der Waals surface area contributed by atoms with E-state index in [4.69, 9.17) is 26.0 Å². The number of hydrogen-bond acceptors (Lipinski definition) is 5. The number of fused-ring (bicyclic) bond motifs is 3. The van der Waals surface area contributed by atoms with Crippen LogP contribution in [0.25, 0.3) is 33.5 Å². The molecule has 1 aliphatic rings. The van der Waals surface area contributed by atoms with Crippen molar-refractivity contribution >= 4 is 57.6 Å². The van der Waals surface area contributed by atoms with Gasteiger partial charge in [-0.3, -0.25) is 0 Å². The average molecular weight is 477 g/mol. The molecule has 33 heavy (non-hydrogen) atoms. The van der Waals surface area contributed by atoms with E-state index in [-0.39, 0.29) is 12.4 Å². The Balaban J connectivity index is 0.00000228. The molecular weight excluding hydrogens is 455 g/mol. The maximum atomic E-state index is 6.26. The van der Waals surface area contributed by atoms with Crippen LogP contribution in [-0.2, 0) is 0 Å². The minimum Gasteiger partial charge on any atom is -0.450 e. The summed E-state index contributed by atoms with van der Waals surface area (Å²) in [5.41, 5.74) is 4.65. The zero-order valence-corrected chi connectivity index (χ0v) is 19.4. The second-order valence-corrected chi connectivity index (χ2v) is 8.40. The van der Waals surface area contributed by atoms with E-state index in [2.05, 4.69) is 28.0 Å². The number of halogens is 2. The number of furan rings is 1. The molecule has 7 heteroatoms. The highest BCUT2D eigenvalue weighted by atomic mass is 35.5. The number of anilines is 2. The van der Waals surface area contributed by atoms with Crippen LogP contribution in [0.3, 0.4) is 0 Å². The van der Waals surface area contributed by atoms with Crippen LogP contribution in [0.15, 0.2) is 83.3 Å². The summed E-state index contributed by atoms with van der Waals surface area (Å²) in [6.07, 6.45) is 0. The van der Waals surface area contributed by atoms with E-state index in [0.29, 0.717) is 0 Å². The van der Waals surface area contributed by atoms with Crippen LogP contribution in [0.1, 0.15) is 0 Å². The number of nitrogens with zero attached hydrogens (tertiary/aromatic N) is 4. The normalized spacial score (nSPS) is 14.0. The fourth-order valence-electron chi connectivity index (χ4n) is 4.34. The number of piperazine rings is 1. The van der Waals surface area contributed by atoms with Gasteiger partial charge in [0.2, 0.25) is 0 Å². The van der Waals surface area contributed by atoms with Crippen LogP contribution < -0.4 is 9.80 Å². The van der Waals surface area contributed by atoms with Crippen molar-refractivity contribution in [1.82, 2.24) is 9.97 Å². The summed E-state index contributed by atoms with van der Waals surface area (Å²) in [4.78, 5) is 14.6. The maximum Gasteiger partial charge on any atom is 0.196 e. The van der Waals surface area contributed by atoms with Gasteiger partial charge < -0.3 is 14.2 Å². The van der Waals surface area contributed by atoms with Crippen molar-refractivity contribution in [2.45, 2.75) is 0 Å². The molecule has 0 bridgehead atoms. The smallest absolute Gasteiger partial charge is 0.196 e. The highest BCUT2D eigenvalue weighted by Gasteiger charge is 2.24. The van der Waals surface area contributed by atoms with Crippen LogP contribution in [0.5, 0.6) is 0 Å². The SMILES string of the molecule is Cl.Clc1ccc(N2CCN(c3nc(-c4ccccc4)nc4c3oc3ccccc34)CC2)cc1. The standard InChI is InChI=1S/C26H21ClN4O.ClH/c27-19-10-12-20(13-11-19)30-14-16-31(17-15-30)26-24-23(21-8-4-5-9-22(21)32-24)28-25(29-26)18-6-2-1-3-7-18;/h1-13H,14-17H2;1H. The fourth-order valence-corrected chi connectivity index (χ4v) is 4.46.